The molecule has 0 amide bonds. The molecule has 3 rings (SSSR count). The predicted molar refractivity (Wildman–Crippen MR) is 112 cm³/mol. The summed E-state index contributed by atoms with van der Waals surface area (Å²) in [6.07, 6.45) is 0. The summed E-state index contributed by atoms with van der Waals surface area (Å²) in [5.74, 6) is 0.370. The Balaban J connectivity index is 1.94. The first kappa shape index (κ1) is 20.7. The quantitative estimate of drug-likeness (QED) is 0.594. The van der Waals surface area contributed by atoms with Gasteiger partial charge in [-0.2, -0.15) is 0 Å². The third kappa shape index (κ3) is 4.69. The molecule has 0 aliphatic rings. The predicted octanol–water partition coefficient (Wildman–Crippen LogP) is 3.61. The number of aryl methyl sites for hydroxylation is 1. The van der Waals surface area contributed by atoms with Crippen molar-refractivity contribution in [2.75, 3.05) is 16.6 Å². The molecule has 0 saturated carbocycles. The molecular formula is C20H20N2O5S2. The smallest absolute Gasteiger partial charge is 0.262 e. The highest BCUT2D eigenvalue weighted by Gasteiger charge is 2.21. The second-order valence-electron chi connectivity index (χ2n) is 6.20. The van der Waals surface area contributed by atoms with Crippen LogP contribution in [-0.4, -0.2) is 23.9 Å². The zero-order chi connectivity index (χ0) is 21.1. The average molecular weight is 433 g/mol. The lowest BCUT2D eigenvalue weighted by atomic mass is 10.2. The highest BCUT2D eigenvalue weighted by Crippen LogP contribution is 2.28. The number of para-hydroxylation sites is 2. The first-order valence-corrected chi connectivity index (χ1v) is 11.5. The van der Waals surface area contributed by atoms with Gasteiger partial charge in [0.15, 0.2) is 0 Å². The molecule has 0 radical (unpaired) electrons. The number of methoxy groups -OCH3 is 1. The van der Waals surface area contributed by atoms with E-state index in [0.717, 1.165) is 0 Å². The van der Waals surface area contributed by atoms with Crippen molar-refractivity contribution < 1.29 is 21.6 Å². The van der Waals surface area contributed by atoms with Crippen LogP contribution in [0.4, 0.5) is 11.4 Å². The molecule has 2 N–H and O–H groups in total. The van der Waals surface area contributed by atoms with Crippen molar-refractivity contribution in [2.24, 2.45) is 0 Å². The van der Waals surface area contributed by atoms with E-state index in [1.54, 1.807) is 55.5 Å². The number of rotatable bonds is 7. The molecule has 0 aliphatic heterocycles. The minimum atomic E-state index is -3.98. The van der Waals surface area contributed by atoms with Crippen LogP contribution in [-0.2, 0) is 20.0 Å². The molecule has 29 heavy (non-hydrogen) atoms. The van der Waals surface area contributed by atoms with Gasteiger partial charge in [0.25, 0.3) is 20.0 Å². The van der Waals surface area contributed by atoms with Crippen molar-refractivity contribution in [3.8, 4) is 5.75 Å². The fraction of sp³-hybridized carbons (Fsp3) is 0.100. The van der Waals surface area contributed by atoms with Gasteiger partial charge in [-0.3, -0.25) is 9.44 Å². The lowest BCUT2D eigenvalue weighted by Crippen LogP contribution is -2.17. The van der Waals surface area contributed by atoms with Crippen molar-refractivity contribution in [2.45, 2.75) is 16.7 Å². The lowest BCUT2D eigenvalue weighted by molar-refractivity contribution is 0.417. The van der Waals surface area contributed by atoms with E-state index in [4.69, 9.17) is 4.74 Å². The Morgan fingerprint density at radius 1 is 0.759 bits per heavy atom. The molecule has 9 heteroatoms. The van der Waals surface area contributed by atoms with Gasteiger partial charge < -0.3 is 4.74 Å². The fourth-order valence-corrected chi connectivity index (χ4v) is 5.11. The van der Waals surface area contributed by atoms with Gasteiger partial charge in [-0.05, 0) is 48.9 Å². The number of sulfonamides is 2. The summed E-state index contributed by atoms with van der Waals surface area (Å²) in [5.41, 5.74) is 0.889. The maximum atomic E-state index is 12.9. The van der Waals surface area contributed by atoms with Gasteiger partial charge in [0.1, 0.15) is 5.75 Å². The van der Waals surface area contributed by atoms with Gasteiger partial charge in [0.2, 0.25) is 0 Å². The summed E-state index contributed by atoms with van der Waals surface area (Å²) in [4.78, 5) is 0.0359. The molecule has 7 nitrogen and oxygen atoms in total. The Morgan fingerprint density at radius 3 is 2.10 bits per heavy atom. The second-order valence-corrected chi connectivity index (χ2v) is 9.54. The van der Waals surface area contributed by atoms with E-state index in [2.05, 4.69) is 9.44 Å². The Morgan fingerprint density at radius 2 is 1.41 bits per heavy atom. The third-order valence-corrected chi connectivity index (χ3v) is 7.04. The van der Waals surface area contributed by atoms with Crippen LogP contribution in [0.1, 0.15) is 5.56 Å². The van der Waals surface area contributed by atoms with Crippen molar-refractivity contribution >= 4 is 31.4 Å². The van der Waals surface area contributed by atoms with E-state index in [1.807, 2.05) is 0 Å². The molecule has 0 atom stereocenters. The van der Waals surface area contributed by atoms with Crippen LogP contribution < -0.4 is 14.2 Å². The minimum absolute atomic E-state index is 0.0448. The molecule has 0 bridgehead atoms. The molecule has 152 valence electrons. The Hall–Kier alpha value is -3.04. The zero-order valence-corrected chi connectivity index (χ0v) is 17.4. The van der Waals surface area contributed by atoms with Gasteiger partial charge in [-0.15, -0.1) is 0 Å². The summed E-state index contributed by atoms with van der Waals surface area (Å²) in [6, 6.07) is 18.8. The highest BCUT2D eigenvalue weighted by atomic mass is 32.2. The third-order valence-electron chi connectivity index (χ3n) is 4.13. The van der Waals surface area contributed by atoms with Crippen LogP contribution in [0.3, 0.4) is 0 Å². The average Bonchev–Trinajstić information content (AvgIpc) is 2.70. The van der Waals surface area contributed by atoms with Gasteiger partial charge in [0.05, 0.1) is 28.3 Å². The van der Waals surface area contributed by atoms with Gasteiger partial charge in [0, 0.05) is 0 Å². The number of anilines is 2. The molecule has 0 spiro atoms. The standard InChI is InChI=1S/C20H20N2O5S2/c1-15-12-13-16(21-28(23,24)17-8-4-3-5-9-17)14-20(15)29(25,26)22-18-10-6-7-11-19(18)27-2/h3-14,21-22H,1-2H3. The molecule has 0 unspecified atom stereocenters. The second kappa shape index (κ2) is 8.14. The Bertz CT molecular complexity index is 1220. The number of benzene rings is 3. The molecule has 0 aromatic heterocycles. The summed E-state index contributed by atoms with van der Waals surface area (Å²) in [7, 11) is -6.39. The summed E-state index contributed by atoms with van der Waals surface area (Å²) in [5, 5.41) is 0. The molecule has 0 saturated heterocycles. The van der Waals surface area contributed by atoms with Crippen molar-refractivity contribution in [1.29, 1.82) is 0 Å². The topological polar surface area (TPSA) is 102 Å². The SMILES string of the molecule is COc1ccccc1NS(=O)(=O)c1cc(NS(=O)(=O)c2ccccc2)ccc1C. The van der Waals surface area contributed by atoms with E-state index in [9.17, 15) is 16.8 Å². The number of ether oxygens (including phenoxy) is 1. The van der Waals surface area contributed by atoms with Gasteiger partial charge in [-0.25, -0.2) is 16.8 Å². The van der Waals surface area contributed by atoms with Crippen LogP contribution in [0, 0.1) is 6.92 Å². The van der Waals surface area contributed by atoms with E-state index >= 15 is 0 Å². The molecule has 0 aliphatic carbocycles. The maximum Gasteiger partial charge on any atom is 0.262 e. The van der Waals surface area contributed by atoms with Crippen LogP contribution >= 0.6 is 0 Å². The van der Waals surface area contributed by atoms with E-state index < -0.39 is 20.0 Å². The van der Waals surface area contributed by atoms with Crippen molar-refractivity contribution in [3.63, 3.8) is 0 Å². The molecular weight excluding hydrogens is 412 g/mol. The summed E-state index contributed by atoms with van der Waals surface area (Å²) >= 11 is 0. The Kier molecular flexibility index (Phi) is 5.81. The van der Waals surface area contributed by atoms with Crippen molar-refractivity contribution in [3.05, 3.63) is 78.4 Å². The van der Waals surface area contributed by atoms with E-state index in [1.165, 1.54) is 31.4 Å². The highest BCUT2D eigenvalue weighted by molar-refractivity contribution is 7.93. The first-order chi connectivity index (χ1) is 13.7. The lowest BCUT2D eigenvalue weighted by Gasteiger charge is -2.15. The van der Waals surface area contributed by atoms with Crippen LogP contribution in [0.5, 0.6) is 5.75 Å². The molecule has 3 aromatic carbocycles. The zero-order valence-electron chi connectivity index (χ0n) is 15.8. The monoisotopic (exact) mass is 432 g/mol. The van der Waals surface area contributed by atoms with Gasteiger partial charge >= 0.3 is 0 Å². The van der Waals surface area contributed by atoms with E-state index in [0.29, 0.717) is 11.3 Å². The number of hydrogen-bond donors (Lipinski definition) is 2. The molecule has 0 heterocycles. The Labute approximate surface area is 170 Å². The largest absolute Gasteiger partial charge is 0.495 e. The summed E-state index contributed by atoms with van der Waals surface area (Å²) in [6.45, 7) is 1.63. The fourth-order valence-electron chi connectivity index (χ4n) is 2.70. The molecule has 3 aromatic rings. The number of nitrogens with one attached hydrogen (secondary N) is 2. The van der Waals surface area contributed by atoms with Gasteiger partial charge in [-0.1, -0.05) is 36.4 Å². The summed E-state index contributed by atoms with van der Waals surface area (Å²) < 4.78 is 61.0. The number of hydrogen-bond acceptors (Lipinski definition) is 5. The minimum Gasteiger partial charge on any atom is -0.495 e. The molecule has 0 fully saturated rings. The van der Waals surface area contributed by atoms with Crippen LogP contribution in [0.2, 0.25) is 0 Å². The normalized spacial score (nSPS) is 11.7. The van der Waals surface area contributed by atoms with Crippen molar-refractivity contribution in [1.82, 2.24) is 0 Å². The maximum absolute atomic E-state index is 12.9. The van der Waals surface area contributed by atoms with Crippen LogP contribution in [0.25, 0.3) is 0 Å². The first-order valence-electron chi connectivity index (χ1n) is 8.57. The van der Waals surface area contributed by atoms with E-state index in [-0.39, 0.29) is 21.2 Å². The van der Waals surface area contributed by atoms with Crippen LogP contribution in [0.15, 0.2) is 82.6 Å².